The normalized spacial score (nSPS) is 22.2. The van der Waals surface area contributed by atoms with Gasteiger partial charge in [0.15, 0.2) is 16.6 Å². The molecule has 5 heteroatoms. The molecule has 0 bridgehead atoms. The summed E-state index contributed by atoms with van der Waals surface area (Å²) in [7, 11) is -2.91. The predicted octanol–water partition coefficient (Wildman–Crippen LogP) is 3.43. The lowest BCUT2D eigenvalue weighted by molar-refractivity contribution is 0.291. The first-order valence-corrected chi connectivity index (χ1v) is 12.6. The maximum absolute atomic E-state index is 6.37. The van der Waals surface area contributed by atoms with E-state index in [-0.39, 0.29) is 12.4 Å². The zero-order valence-electron chi connectivity index (χ0n) is 11.8. The fourth-order valence-electron chi connectivity index (χ4n) is 2.90. The Balaban J connectivity index is 0.00000162. The Morgan fingerprint density at radius 3 is 2.00 bits per heavy atom. The third-order valence-electron chi connectivity index (χ3n) is 3.01. The van der Waals surface area contributed by atoms with Crippen molar-refractivity contribution in [3.63, 3.8) is 0 Å². The van der Waals surface area contributed by atoms with Crippen LogP contribution in [0.1, 0.15) is 5.56 Å². The molecule has 1 fully saturated rings. The lowest BCUT2D eigenvalue weighted by atomic mass is 10.2. The average Bonchev–Trinajstić information content (AvgIpc) is 2.13. The van der Waals surface area contributed by atoms with Crippen LogP contribution in [0.3, 0.4) is 0 Å². The lowest BCUT2D eigenvalue weighted by Crippen LogP contribution is -2.62. The number of nitrogens with zero attached hydrogens (tertiary/aromatic N) is 1. The van der Waals surface area contributed by atoms with Gasteiger partial charge in [0.1, 0.15) is 0 Å². The van der Waals surface area contributed by atoms with Crippen molar-refractivity contribution >= 4 is 29.0 Å². The molecule has 2 rings (SSSR count). The van der Waals surface area contributed by atoms with Crippen LogP contribution in [-0.2, 0) is 10.7 Å². The van der Waals surface area contributed by atoms with E-state index in [9.17, 15) is 0 Å². The molecular formula is C13H24ClNOSi2. The van der Waals surface area contributed by atoms with Gasteiger partial charge in [-0.1, -0.05) is 30.3 Å². The number of halogens is 1. The Morgan fingerprint density at radius 2 is 1.50 bits per heavy atom. The van der Waals surface area contributed by atoms with Crippen molar-refractivity contribution in [2.45, 2.75) is 32.7 Å². The Labute approximate surface area is 119 Å². The lowest BCUT2D eigenvalue weighted by Gasteiger charge is -2.45. The summed E-state index contributed by atoms with van der Waals surface area (Å²) in [5.74, 6) is 0. The van der Waals surface area contributed by atoms with Crippen molar-refractivity contribution in [1.29, 1.82) is 0 Å². The molecule has 0 amide bonds. The molecule has 0 spiro atoms. The van der Waals surface area contributed by atoms with Crippen LogP contribution in [0.5, 0.6) is 0 Å². The van der Waals surface area contributed by atoms with E-state index >= 15 is 0 Å². The summed E-state index contributed by atoms with van der Waals surface area (Å²) in [5, 5.41) is 0. The molecule has 2 nitrogen and oxygen atoms in total. The van der Waals surface area contributed by atoms with Gasteiger partial charge in [0.25, 0.3) is 0 Å². The van der Waals surface area contributed by atoms with Gasteiger partial charge in [0.05, 0.1) is 0 Å². The molecule has 102 valence electrons. The summed E-state index contributed by atoms with van der Waals surface area (Å²) in [4.78, 5) is 2.61. The number of hydrogen-bond donors (Lipinski definition) is 0. The second kappa shape index (κ2) is 5.88. The summed E-state index contributed by atoms with van der Waals surface area (Å²) in [5.41, 5.74) is 1.42. The minimum atomic E-state index is -1.46. The van der Waals surface area contributed by atoms with E-state index in [1.165, 1.54) is 17.9 Å². The molecule has 0 atom stereocenters. The zero-order valence-corrected chi connectivity index (χ0v) is 14.6. The molecular weight excluding hydrogens is 278 g/mol. The summed E-state index contributed by atoms with van der Waals surface area (Å²) in [6, 6.07) is 10.8. The summed E-state index contributed by atoms with van der Waals surface area (Å²) in [6.45, 7) is 10.5. The van der Waals surface area contributed by atoms with E-state index in [2.05, 4.69) is 61.4 Å². The molecule has 0 aliphatic carbocycles. The monoisotopic (exact) mass is 301 g/mol. The van der Waals surface area contributed by atoms with Gasteiger partial charge in [-0.05, 0) is 31.8 Å². The van der Waals surface area contributed by atoms with E-state index < -0.39 is 16.6 Å². The molecule has 1 saturated heterocycles. The largest absolute Gasteiger partial charge is 0.454 e. The van der Waals surface area contributed by atoms with Crippen molar-refractivity contribution in [1.82, 2.24) is 4.90 Å². The van der Waals surface area contributed by atoms with Crippen LogP contribution in [0.15, 0.2) is 30.3 Å². The van der Waals surface area contributed by atoms with Crippen molar-refractivity contribution in [2.24, 2.45) is 0 Å². The van der Waals surface area contributed by atoms with Gasteiger partial charge in [-0.2, -0.15) is 0 Å². The van der Waals surface area contributed by atoms with Crippen LogP contribution in [0.2, 0.25) is 26.2 Å². The molecule has 1 aliphatic rings. The fourth-order valence-corrected chi connectivity index (χ4v) is 12.2. The molecule has 1 heterocycles. The Bertz CT molecular complexity index is 368. The van der Waals surface area contributed by atoms with E-state index in [1.54, 1.807) is 0 Å². The first kappa shape index (κ1) is 15.9. The van der Waals surface area contributed by atoms with Gasteiger partial charge in [-0.15, -0.1) is 12.4 Å². The van der Waals surface area contributed by atoms with Gasteiger partial charge >= 0.3 is 0 Å². The van der Waals surface area contributed by atoms with E-state index in [1.807, 2.05) is 0 Å². The SMILES string of the molecule is C[Si]1(C)CN(Cc2ccccc2)C[Si](C)(C)O1.Cl. The van der Waals surface area contributed by atoms with Crippen LogP contribution in [0.25, 0.3) is 0 Å². The molecule has 1 aromatic carbocycles. The molecule has 1 aromatic rings. The van der Waals surface area contributed by atoms with Gasteiger partial charge < -0.3 is 4.12 Å². The number of rotatable bonds is 2. The second-order valence-electron chi connectivity index (χ2n) is 6.25. The van der Waals surface area contributed by atoms with Gasteiger partial charge in [0, 0.05) is 18.9 Å². The number of benzene rings is 1. The number of hydrogen-bond acceptors (Lipinski definition) is 2. The van der Waals surface area contributed by atoms with Crippen molar-refractivity contribution in [3.8, 4) is 0 Å². The van der Waals surface area contributed by atoms with Crippen LogP contribution in [-0.4, -0.2) is 33.9 Å². The fraction of sp³-hybridized carbons (Fsp3) is 0.538. The summed E-state index contributed by atoms with van der Waals surface area (Å²) >= 11 is 0. The zero-order chi connectivity index (χ0) is 12.5. The maximum Gasteiger partial charge on any atom is 0.187 e. The third kappa shape index (κ3) is 4.51. The summed E-state index contributed by atoms with van der Waals surface area (Å²) < 4.78 is 6.37. The first-order chi connectivity index (χ1) is 7.86. The van der Waals surface area contributed by atoms with E-state index in [0.29, 0.717) is 0 Å². The molecule has 0 saturated carbocycles. The average molecular weight is 302 g/mol. The third-order valence-corrected chi connectivity index (χ3v) is 9.85. The second-order valence-corrected chi connectivity index (χ2v) is 14.7. The molecule has 0 radical (unpaired) electrons. The van der Waals surface area contributed by atoms with Crippen LogP contribution < -0.4 is 0 Å². The molecule has 1 aliphatic heterocycles. The molecule has 18 heavy (non-hydrogen) atoms. The van der Waals surface area contributed by atoms with Crippen LogP contribution in [0.4, 0.5) is 0 Å². The predicted molar refractivity (Wildman–Crippen MR) is 85.0 cm³/mol. The minimum absolute atomic E-state index is 0. The van der Waals surface area contributed by atoms with Crippen LogP contribution in [0, 0.1) is 0 Å². The van der Waals surface area contributed by atoms with Crippen molar-refractivity contribution in [3.05, 3.63) is 35.9 Å². The Morgan fingerprint density at radius 1 is 1.00 bits per heavy atom. The standard InChI is InChI=1S/C13H23NOSi2.ClH/c1-16(2)11-14(12-17(3,4)15-16)10-13-8-6-5-7-9-13;/h5-9H,10-12H2,1-4H3;1H. The van der Waals surface area contributed by atoms with Crippen LogP contribution >= 0.6 is 12.4 Å². The van der Waals surface area contributed by atoms with Crippen molar-refractivity contribution in [2.75, 3.05) is 12.3 Å². The molecule has 0 aromatic heterocycles. The van der Waals surface area contributed by atoms with E-state index in [4.69, 9.17) is 4.12 Å². The summed E-state index contributed by atoms with van der Waals surface area (Å²) in [6.07, 6.45) is 2.33. The highest BCUT2D eigenvalue weighted by Gasteiger charge is 2.40. The highest BCUT2D eigenvalue weighted by molar-refractivity contribution is 6.86. The van der Waals surface area contributed by atoms with Gasteiger partial charge in [-0.3, -0.25) is 4.90 Å². The maximum atomic E-state index is 6.37. The Hall–Kier alpha value is -0.136. The minimum Gasteiger partial charge on any atom is -0.454 e. The highest BCUT2D eigenvalue weighted by atomic mass is 35.5. The Kier molecular flexibility index (Phi) is 5.20. The smallest absolute Gasteiger partial charge is 0.187 e. The van der Waals surface area contributed by atoms with E-state index in [0.717, 1.165) is 6.54 Å². The molecule has 0 N–H and O–H groups in total. The first-order valence-electron chi connectivity index (χ1n) is 6.33. The topological polar surface area (TPSA) is 12.5 Å². The van der Waals surface area contributed by atoms with Gasteiger partial charge in [-0.25, -0.2) is 0 Å². The molecule has 0 unspecified atom stereocenters. The van der Waals surface area contributed by atoms with Crippen molar-refractivity contribution < 1.29 is 4.12 Å². The quantitative estimate of drug-likeness (QED) is 0.776. The highest BCUT2D eigenvalue weighted by Crippen LogP contribution is 2.23. The van der Waals surface area contributed by atoms with Gasteiger partial charge in [0.2, 0.25) is 0 Å².